The summed E-state index contributed by atoms with van der Waals surface area (Å²) in [6.45, 7) is 2.78. The van der Waals surface area contributed by atoms with E-state index in [-0.39, 0.29) is 5.91 Å². The molecular formula is C12H22N2O3S. The highest BCUT2D eigenvalue weighted by Gasteiger charge is 2.40. The van der Waals surface area contributed by atoms with Gasteiger partial charge in [-0.2, -0.15) is 11.8 Å². The summed E-state index contributed by atoms with van der Waals surface area (Å²) in [6.07, 6.45) is 4.82. The minimum Gasteiger partial charge on any atom is -0.480 e. The van der Waals surface area contributed by atoms with Crippen LogP contribution in [0.2, 0.25) is 0 Å². The Bertz CT molecular complexity index is 304. The number of thioether (sulfide) groups is 1. The van der Waals surface area contributed by atoms with Gasteiger partial charge in [-0.1, -0.05) is 6.92 Å². The Kier molecular flexibility index (Phi) is 5.95. The van der Waals surface area contributed by atoms with E-state index < -0.39 is 17.6 Å². The molecule has 0 spiro atoms. The summed E-state index contributed by atoms with van der Waals surface area (Å²) in [6, 6.07) is -0.782. The molecule has 2 atom stereocenters. The van der Waals surface area contributed by atoms with Gasteiger partial charge < -0.3 is 15.7 Å². The first-order chi connectivity index (χ1) is 8.55. The summed E-state index contributed by atoms with van der Waals surface area (Å²) in [5.74, 6) is -0.401. The molecule has 104 valence electrons. The van der Waals surface area contributed by atoms with Crippen molar-refractivity contribution in [2.24, 2.45) is 0 Å². The lowest BCUT2D eigenvalue weighted by molar-refractivity contribution is -0.143. The third-order valence-electron chi connectivity index (χ3n) is 3.50. The summed E-state index contributed by atoms with van der Waals surface area (Å²) in [4.78, 5) is 23.3. The van der Waals surface area contributed by atoms with E-state index in [4.69, 9.17) is 5.11 Å². The number of carboxylic acids is 1. The molecule has 1 rings (SSSR count). The van der Waals surface area contributed by atoms with Crippen LogP contribution in [0.25, 0.3) is 0 Å². The Labute approximate surface area is 112 Å². The molecule has 0 aliphatic carbocycles. The lowest BCUT2D eigenvalue weighted by Crippen LogP contribution is -2.56. The molecule has 1 unspecified atom stereocenters. The second kappa shape index (κ2) is 6.99. The Morgan fingerprint density at radius 3 is 2.72 bits per heavy atom. The van der Waals surface area contributed by atoms with Crippen molar-refractivity contribution in [3.63, 3.8) is 0 Å². The number of aliphatic carboxylic acids is 1. The van der Waals surface area contributed by atoms with E-state index in [0.717, 1.165) is 25.1 Å². The first kappa shape index (κ1) is 15.3. The van der Waals surface area contributed by atoms with Crippen LogP contribution in [-0.4, -0.2) is 47.1 Å². The molecule has 3 N–H and O–H groups in total. The molecule has 0 saturated carbocycles. The Balaban J connectivity index is 2.62. The van der Waals surface area contributed by atoms with Crippen molar-refractivity contribution in [1.82, 2.24) is 10.6 Å². The van der Waals surface area contributed by atoms with E-state index in [1.54, 1.807) is 11.8 Å². The molecular weight excluding hydrogens is 252 g/mol. The van der Waals surface area contributed by atoms with Crippen molar-refractivity contribution >= 4 is 23.6 Å². The standard InChI is InChI=1S/C12H22N2O3S/c1-3-12(6-4-7-13-12)11(17)14-9(10(15)16)5-8-18-2/h9,13H,3-8H2,1-2H3,(H,14,17)(H,15,16)/t9-,12?/m1/s1. The van der Waals surface area contributed by atoms with Crippen LogP contribution in [-0.2, 0) is 9.59 Å². The number of rotatable bonds is 7. The number of carbonyl (C=O) groups excluding carboxylic acids is 1. The molecule has 5 nitrogen and oxygen atoms in total. The van der Waals surface area contributed by atoms with E-state index in [9.17, 15) is 9.59 Å². The molecule has 1 amide bonds. The smallest absolute Gasteiger partial charge is 0.326 e. The Hall–Kier alpha value is -0.750. The van der Waals surface area contributed by atoms with Gasteiger partial charge in [0.15, 0.2) is 0 Å². The summed E-state index contributed by atoms with van der Waals surface area (Å²) in [5.41, 5.74) is -0.562. The quantitative estimate of drug-likeness (QED) is 0.641. The zero-order valence-electron chi connectivity index (χ0n) is 11.0. The summed E-state index contributed by atoms with van der Waals surface area (Å²) in [7, 11) is 0. The molecule has 0 radical (unpaired) electrons. The van der Waals surface area contributed by atoms with Crippen LogP contribution >= 0.6 is 11.8 Å². The molecule has 0 aromatic rings. The van der Waals surface area contributed by atoms with E-state index in [2.05, 4.69) is 10.6 Å². The van der Waals surface area contributed by atoms with Gasteiger partial charge in [0.2, 0.25) is 5.91 Å². The van der Waals surface area contributed by atoms with Crippen LogP contribution in [0.15, 0.2) is 0 Å². The molecule has 0 bridgehead atoms. The maximum Gasteiger partial charge on any atom is 0.326 e. The van der Waals surface area contributed by atoms with Crippen LogP contribution < -0.4 is 10.6 Å². The molecule has 1 fully saturated rings. The summed E-state index contributed by atoms with van der Waals surface area (Å²) < 4.78 is 0. The molecule has 1 aliphatic heterocycles. The fraction of sp³-hybridized carbons (Fsp3) is 0.833. The molecule has 18 heavy (non-hydrogen) atoms. The number of carbonyl (C=O) groups is 2. The van der Waals surface area contributed by atoms with Crippen molar-refractivity contribution < 1.29 is 14.7 Å². The third kappa shape index (κ3) is 3.62. The van der Waals surface area contributed by atoms with Crippen molar-refractivity contribution in [3.05, 3.63) is 0 Å². The molecule has 0 aromatic carbocycles. The van der Waals surface area contributed by atoms with Crippen molar-refractivity contribution in [1.29, 1.82) is 0 Å². The molecule has 1 aliphatic rings. The topological polar surface area (TPSA) is 78.4 Å². The maximum atomic E-state index is 12.2. The highest BCUT2D eigenvalue weighted by molar-refractivity contribution is 7.98. The predicted molar refractivity (Wildman–Crippen MR) is 72.8 cm³/mol. The Morgan fingerprint density at radius 2 is 2.28 bits per heavy atom. The maximum absolute atomic E-state index is 12.2. The highest BCUT2D eigenvalue weighted by Crippen LogP contribution is 2.23. The van der Waals surface area contributed by atoms with E-state index in [1.807, 2.05) is 13.2 Å². The van der Waals surface area contributed by atoms with Crippen LogP contribution in [0.4, 0.5) is 0 Å². The van der Waals surface area contributed by atoms with Crippen LogP contribution in [0.5, 0.6) is 0 Å². The summed E-state index contributed by atoms with van der Waals surface area (Å²) >= 11 is 1.58. The molecule has 0 aromatic heterocycles. The number of carboxylic acid groups (broad SMARTS) is 1. The van der Waals surface area contributed by atoms with Gasteiger partial charge in [0, 0.05) is 0 Å². The average Bonchev–Trinajstić information content (AvgIpc) is 2.83. The minimum absolute atomic E-state index is 0.170. The number of amides is 1. The first-order valence-electron chi connectivity index (χ1n) is 6.33. The number of hydrogen-bond acceptors (Lipinski definition) is 4. The first-order valence-corrected chi connectivity index (χ1v) is 7.73. The largest absolute Gasteiger partial charge is 0.480 e. The van der Waals surface area contributed by atoms with Crippen LogP contribution in [0, 0.1) is 0 Å². The Morgan fingerprint density at radius 1 is 1.56 bits per heavy atom. The van der Waals surface area contributed by atoms with Gasteiger partial charge in [0.1, 0.15) is 6.04 Å². The summed E-state index contributed by atoms with van der Waals surface area (Å²) in [5, 5.41) is 15.0. The van der Waals surface area contributed by atoms with Gasteiger partial charge in [0.25, 0.3) is 0 Å². The zero-order valence-corrected chi connectivity index (χ0v) is 11.8. The van der Waals surface area contributed by atoms with Gasteiger partial charge in [-0.15, -0.1) is 0 Å². The predicted octanol–water partition coefficient (Wildman–Crippen LogP) is 0.841. The molecule has 1 saturated heterocycles. The fourth-order valence-electron chi connectivity index (χ4n) is 2.25. The minimum atomic E-state index is -0.957. The van der Waals surface area contributed by atoms with Crippen molar-refractivity contribution in [2.75, 3.05) is 18.6 Å². The second-order valence-corrected chi connectivity index (χ2v) is 5.60. The lowest BCUT2D eigenvalue weighted by atomic mass is 9.92. The van der Waals surface area contributed by atoms with Gasteiger partial charge >= 0.3 is 5.97 Å². The van der Waals surface area contributed by atoms with E-state index in [1.165, 1.54) is 0 Å². The lowest BCUT2D eigenvalue weighted by Gasteiger charge is -2.28. The van der Waals surface area contributed by atoms with Gasteiger partial charge in [-0.05, 0) is 44.2 Å². The second-order valence-electron chi connectivity index (χ2n) is 4.61. The van der Waals surface area contributed by atoms with Crippen molar-refractivity contribution in [3.8, 4) is 0 Å². The van der Waals surface area contributed by atoms with E-state index >= 15 is 0 Å². The van der Waals surface area contributed by atoms with Crippen molar-refractivity contribution in [2.45, 2.75) is 44.2 Å². The highest BCUT2D eigenvalue weighted by atomic mass is 32.2. The van der Waals surface area contributed by atoms with Gasteiger partial charge in [-0.3, -0.25) is 4.79 Å². The zero-order chi connectivity index (χ0) is 13.6. The normalized spacial score (nSPS) is 24.8. The van der Waals surface area contributed by atoms with Gasteiger partial charge in [0.05, 0.1) is 5.54 Å². The SMILES string of the molecule is CCC1(C(=O)N[C@H](CCSC)C(=O)O)CCCN1. The fourth-order valence-corrected chi connectivity index (χ4v) is 2.72. The van der Waals surface area contributed by atoms with E-state index in [0.29, 0.717) is 12.8 Å². The number of hydrogen-bond donors (Lipinski definition) is 3. The monoisotopic (exact) mass is 274 g/mol. The third-order valence-corrected chi connectivity index (χ3v) is 4.14. The van der Waals surface area contributed by atoms with Gasteiger partial charge in [-0.25, -0.2) is 4.79 Å². The molecule has 6 heteroatoms. The average molecular weight is 274 g/mol. The molecule has 1 heterocycles. The van der Waals surface area contributed by atoms with Crippen LogP contribution in [0.3, 0.4) is 0 Å². The number of nitrogens with one attached hydrogen (secondary N) is 2. The van der Waals surface area contributed by atoms with Crippen LogP contribution in [0.1, 0.15) is 32.6 Å².